The van der Waals surface area contributed by atoms with E-state index >= 15 is 0 Å². The molecule has 126 valence electrons. The lowest BCUT2D eigenvalue weighted by molar-refractivity contribution is -0.126. The van der Waals surface area contributed by atoms with Crippen LogP contribution in [0, 0.1) is 17.2 Å². The van der Waals surface area contributed by atoms with Gasteiger partial charge in [-0.25, -0.2) is 4.68 Å². The van der Waals surface area contributed by atoms with Gasteiger partial charge in [-0.05, 0) is 37.1 Å². The van der Waals surface area contributed by atoms with Crippen LogP contribution in [-0.2, 0) is 9.53 Å². The number of ether oxygens (including phenoxy) is 1. The van der Waals surface area contributed by atoms with Crippen LogP contribution in [0.1, 0.15) is 26.3 Å². The van der Waals surface area contributed by atoms with Crippen LogP contribution in [0.5, 0.6) is 0 Å². The molecule has 24 heavy (non-hydrogen) atoms. The van der Waals surface area contributed by atoms with E-state index in [1.807, 2.05) is 19.9 Å². The fraction of sp³-hybridized carbons (Fsp3) is 0.353. The predicted octanol–water partition coefficient (Wildman–Crippen LogP) is 2.33. The summed E-state index contributed by atoms with van der Waals surface area (Å²) in [6.45, 7) is 6.32. The summed E-state index contributed by atoms with van der Waals surface area (Å²) in [5, 5.41) is 15.8. The monoisotopic (exact) mass is 327 g/mol. The number of nitrogens with zero attached hydrogens (tertiary/aromatic N) is 3. The first-order valence-corrected chi connectivity index (χ1v) is 7.69. The number of carbonyl (C=O) groups excluding carboxylic acids is 1. The van der Waals surface area contributed by atoms with Crippen molar-refractivity contribution in [3.8, 4) is 11.8 Å². The minimum absolute atomic E-state index is 0.200. The first-order valence-electron chi connectivity index (χ1n) is 7.69. The first kappa shape index (κ1) is 17.5. The van der Waals surface area contributed by atoms with E-state index in [1.165, 1.54) is 10.9 Å². The number of nitrogen functional groups attached to an aromatic ring is 1. The summed E-state index contributed by atoms with van der Waals surface area (Å²) in [5.41, 5.74) is 7.53. The Labute approximate surface area is 141 Å². The Morgan fingerprint density at radius 2 is 2.04 bits per heavy atom. The molecule has 0 saturated carbocycles. The van der Waals surface area contributed by atoms with Gasteiger partial charge in [-0.1, -0.05) is 13.8 Å². The Kier molecular flexibility index (Phi) is 5.55. The third-order valence-corrected chi connectivity index (χ3v) is 3.36. The summed E-state index contributed by atoms with van der Waals surface area (Å²) >= 11 is 0. The van der Waals surface area contributed by atoms with Gasteiger partial charge >= 0.3 is 0 Å². The van der Waals surface area contributed by atoms with Crippen LogP contribution in [0.4, 0.5) is 11.5 Å². The largest absolute Gasteiger partial charge is 0.382 e. The number of rotatable bonds is 6. The minimum Gasteiger partial charge on any atom is -0.382 e. The standard InChI is InChI=1S/C17H21N5O2/c1-11(2)10-24-12(3)17(23)21-14-4-6-15(7-5-14)22-16(19)13(8-18)9-20-22/h4-7,9,11-12H,10,19H2,1-3H3,(H,21,23)/t12-/m0/s1. The molecule has 7 heteroatoms. The van der Waals surface area contributed by atoms with Gasteiger partial charge in [0.15, 0.2) is 0 Å². The van der Waals surface area contributed by atoms with Crippen molar-refractivity contribution >= 4 is 17.4 Å². The SMILES string of the molecule is CC(C)CO[C@@H](C)C(=O)Nc1ccc(-n2ncc(C#N)c2N)cc1. The highest BCUT2D eigenvalue weighted by Crippen LogP contribution is 2.18. The molecule has 0 spiro atoms. The molecule has 2 rings (SSSR count). The number of carbonyl (C=O) groups is 1. The van der Waals surface area contributed by atoms with Gasteiger partial charge in [0.1, 0.15) is 23.6 Å². The highest BCUT2D eigenvalue weighted by atomic mass is 16.5. The zero-order valence-corrected chi connectivity index (χ0v) is 14.0. The Hall–Kier alpha value is -2.85. The molecule has 0 radical (unpaired) electrons. The van der Waals surface area contributed by atoms with E-state index in [2.05, 4.69) is 10.4 Å². The lowest BCUT2D eigenvalue weighted by atomic mass is 10.2. The Balaban J connectivity index is 2.03. The quantitative estimate of drug-likeness (QED) is 0.847. The molecule has 0 bridgehead atoms. The van der Waals surface area contributed by atoms with E-state index < -0.39 is 6.10 Å². The molecule has 3 N–H and O–H groups in total. The third-order valence-electron chi connectivity index (χ3n) is 3.36. The summed E-state index contributed by atoms with van der Waals surface area (Å²) < 4.78 is 6.96. The lowest BCUT2D eigenvalue weighted by Crippen LogP contribution is -2.28. The molecule has 1 heterocycles. The summed E-state index contributed by atoms with van der Waals surface area (Å²) in [6.07, 6.45) is 0.894. The molecule has 0 saturated heterocycles. The van der Waals surface area contributed by atoms with E-state index in [1.54, 1.807) is 31.2 Å². The Morgan fingerprint density at radius 1 is 1.38 bits per heavy atom. The van der Waals surface area contributed by atoms with Crippen LogP contribution in [0.2, 0.25) is 0 Å². The van der Waals surface area contributed by atoms with E-state index in [4.69, 9.17) is 15.7 Å². The molecule has 1 aromatic carbocycles. The van der Waals surface area contributed by atoms with Crippen molar-refractivity contribution in [2.75, 3.05) is 17.7 Å². The minimum atomic E-state index is -0.521. The fourth-order valence-electron chi connectivity index (χ4n) is 1.99. The molecule has 0 fully saturated rings. The van der Waals surface area contributed by atoms with Gasteiger partial charge < -0.3 is 15.8 Å². The molecule has 0 unspecified atom stereocenters. The molecule has 0 aliphatic rings. The molecular weight excluding hydrogens is 306 g/mol. The lowest BCUT2D eigenvalue weighted by Gasteiger charge is -2.15. The zero-order chi connectivity index (χ0) is 17.7. The van der Waals surface area contributed by atoms with Crippen molar-refractivity contribution in [1.82, 2.24) is 9.78 Å². The average molecular weight is 327 g/mol. The molecule has 1 atom stereocenters. The number of nitrogens with two attached hydrogens (primary N) is 1. The smallest absolute Gasteiger partial charge is 0.253 e. The van der Waals surface area contributed by atoms with Gasteiger partial charge in [0.25, 0.3) is 5.91 Å². The van der Waals surface area contributed by atoms with E-state index in [0.29, 0.717) is 29.5 Å². The Bertz CT molecular complexity index is 743. The van der Waals surface area contributed by atoms with E-state index in [0.717, 1.165) is 0 Å². The molecule has 1 amide bonds. The van der Waals surface area contributed by atoms with Crippen molar-refractivity contribution in [2.24, 2.45) is 5.92 Å². The fourth-order valence-corrected chi connectivity index (χ4v) is 1.99. The molecule has 2 aromatic rings. The highest BCUT2D eigenvalue weighted by molar-refractivity contribution is 5.93. The topological polar surface area (TPSA) is 106 Å². The Morgan fingerprint density at radius 3 is 2.58 bits per heavy atom. The van der Waals surface area contributed by atoms with Crippen molar-refractivity contribution < 1.29 is 9.53 Å². The third kappa shape index (κ3) is 4.12. The number of nitriles is 1. The maximum atomic E-state index is 12.1. The van der Waals surface area contributed by atoms with Crippen molar-refractivity contribution in [1.29, 1.82) is 5.26 Å². The zero-order valence-electron chi connectivity index (χ0n) is 14.0. The highest BCUT2D eigenvalue weighted by Gasteiger charge is 2.14. The van der Waals surface area contributed by atoms with E-state index in [9.17, 15) is 4.79 Å². The van der Waals surface area contributed by atoms with Gasteiger partial charge in [-0.3, -0.25) is 4.79 Å². The van der Waals surface area contributed by atoms with Gasteiger partial charge in [-0.2, -0.15) is 10.4 Å². The maximum absolute atomic E-state index is 12.1. The van der Waals surface area contributed by atoms with Gasteiger partial charge in [0, 0.05) is 12.3 Å². The van der Waals surface area contributed by atoms with Crippen molar-refractivity contribution in [3.05, 3.63) is 36.0 Å². The van der Waals surface area contributed by atoms with Crippen LogP contribution in [0.3, 0.4) is 0 Å². The van der Waals surface area contributed by atoms with Crippen LogP contribution in [0.15, 0.2) is 30.5 Å². The molecule has 0 aliphatic carbocycles. The molecule has 7 nitrogen and oxygen atoms in total. The second kappa shape index (κ2) is 7.62. The number of hydrogen-bond acceptors (Lipinski definition) is 5. The van der Waals surface area contributed by atoms with Crippen LogP contribution >= 0.6 is 0 Å². The number of hydrogen-bond donors (Lipinski definition) is 2. The summed E-state index contributed by atoms with van der Waals surface area (Å²) in [7, 11) is 0. The van der Waals surface area contributed by atoms with Crippen molar-refractivity contribution in [3.63, 3.8) is 0 Å². The summed E-state index contributed by atoms with van der Waals surface area (Å²) in [5.74, 6) is 0.455. The molecule has 1 aromatic heterocycles. The number of nitrogens with one attached hydrogen (secondary N) is 1. The van der Waals surface area contributed by atoms with E-state index in [-0.39, 0.29) is 11.7 Å². The number of amides is 1. The second-order valence-electron chi connectivity index (χ2n) is 5.87. The van der Waals surface area contributed by atoms with Crippen molar-refractivity contribution in [2.45, 2.75) is 26.9 Å². The average Bonchev–Trinajstić information content (AvgIpc) is 2.94. The van der Waals surface area contributed by atoms with Crippen LogP contribution in [0.25, 0.3) is 5.69 Å². The number of anilines is 2. The number of aromatic nitrogens is 2. The molecule has 0 aliphatic heterocycles. The summed E-state index contributed by atoms with van der Waals surface area (Å²) in [6, 6.07) is 8.99. The second-order valence-corrected chi connectivity index (χ2v) is 5.87. The normalized spacial score (nSPS) is 12.0. The first-order chi connectivity index (χ1) is 11.4. The van der Waals surface area contributed by atoms with Crippen LogP contribution < -0.4 is 11.1 Å². The summed E-state index contributed by atoms with van der Waals surface area (Å²) in [4.78, 5) is 12.1. The van der Waals surface area contributed by atoms with Gasteiger partial charge in [0.2, 0.25) is 0 Å². The van der Waals surface area contributed by atoms with Gasteiger partial charge in [-0.15, -0.1) is 0 Å². The predicted molar refractivity (Wildman–Crippen MR) is 91.6 cm³/mol. The number of benzene rings is 1. The van der Waals surface area contributed by atoms with Gasteiger partial charge in [0.05, 0.1) is 11.9 Å². The molecular formula is C17H21N5O2. The van der Waals surface area contributed by atoms with Crippen LogP contribution in [-0.4, -0.2) is 28.4 Å². The maximum Gasteiger partial charge on any atom is 0.253 e.